The molecule has 3 aromatic carbocycles. The molecule has 0 unspecified atom stereocenters. The fourth-order valence-corrected chi connectivity index (χ4v) is 3.70. The summed E-state index contributed by atoms with van der Waals surface area (Å²) < 4.78 is 5.75. The molecule has 0 aliphatic carbocycles. The van der Waals surface area contributed by atoms with Crippen LogP contribution in [0.2, 0.25) is 15.1 Å². The van der Waals surface area contributed by atoms with Gasteiger partial charge in [-0.3, -0.25) is 4.79 Å². The molecule has 0 heterocycles. The van der Waals surface area contributed by atoms with E-state index < -0.39 is 5.91 Å². The Labute approximate surface area is 195 Å². The molecule has 1 amide bonds. The van der Waals surface area contributed by atoms with Crippen molar-refractivity contribution in [2.24, 2.45) is 0 Å². The van der Waals surface area contributed by atoms with Gasteiger partial charge >= 0.3 is 0 Å². The van der Waals surface area contributed by atoms with Gasteiger partial charge in [0.25, 0.3) is 5.91 Å². The van der Waals surface area contributed by atoms with Gasteiger partial charge in [0.2, 0.25) is 0 Å². The van der Waals surface area contributed by atoms with Crippen LogP contribution in [-0.4, -0.2) is 5.91 Å². The number of nitriles is 1. The van der Waals surface area contributed by atoms with Crippen LogP contribution in [0.15, 0.2) is 66.2 Å². The summed E-state index contributed by atoms with van der Waals surface area (Å²) in [6.45, 7) is 2.11. The van der Waals surface area contributed by atoms with Gasteiger partial charge in [-0.2, -0.15) is 5.26 Å². The van der Waals surface area contributed by atoms with Gasteiger partial charge in [0.05, 0.1) is 20.8 Å². The van der Waals surface area contributed by atoms with Gasteiger partial charge in [0.1, 0.15) is 18.2 Å². The maximum atomic E-state index is 12.6. The lowest BCUT2D eigenvalue weighted by atomic mass is 10.1. The molecule has 0 bridgehead atoms. The number of para-hydroxylation sites is 1. The van der Waals surface area contributed by atoms with Crippen molar-refractivity contribution in [2.45, 2.75) is 13.5 Å². The van der Waals surface area contributed by atoms with Crippen LogP contribution in [0, 0.1) is 18.3 Å². The van der Waals surface area contributed by atoms with Gasteiger partial charge in [-0.1, -0.05) is 77.3 Å². The standard InChI is InChI=1S/C24H17Cl3N2O2/c1-15-6-5-9-19(25)22(15)29-24(30)18(13-28)10-17-11-20(26)23(21(27)12-17)31-14-16-7-3-2-4-8-16/h2-12H,14H2,1H3,(H,29,30)/b18-10+. The number of anilines is 1. The molecule has 0 fully saturated rings. The zero-order chi connectivity index (χ0) is 22.4. The average molecular weight is 472 g/mol. The number of halogens is 3. The van der Waals surface area contributed by atoms with E-state index in [4.69, 9.17) is 39.5 Å². The number of hydrogen-bond donors (Lipinski definition) is 1. The molecule has 3 aromatic rings. The van der Waals surface area contributed by atoms with E-state index in [1.165, 1.54) is 6.08 Å². The van der Waals surface area contributed by atoms with E-state index >= 15 is 0 Å². The van der Waals surface area contributed by atoms with Crippen molar-refractivity contribution >= 4 is 52.5 Å². The van der Waals surface area contributed by atoms with E-state index in [-0.39, 0.29) is 15.6 Å². The molecule has 0 radical (unpaired) electrons. The van der Waals surface area contributed by atoms with Crippen LogP contribution >= 0.6 is 34.8 Å². The van der Waals surface area contributed by atoms with Gasteiger partial charge in [-0.05, 0) is 47.9 Å². The Morgan fingerprint density at radius 3 is 2.32 bits per heavy atom. The zero-order valence-electron chi connectivity index (χ0n) is 16.5. The molecule has 7 heteroatoms. The van der Waals surface area contributed by atoms with Crippen LogP contribution in [0.3, 0.4) is 0 Å². The topological polar surface area (TPSA) is 62.1 Å². The van der Waals surface area contributed by atoms with E-state index in [1.807, 2.05) is 49.4 Å². The normalized spacial score (nSPS) is 11.0. The fraction of sp³-hybridized carbons (Fsp3) is 0.0833. The molecule has 31 heavy (non-hydrogen) atoms. The summed E-state index contributed by atoms with van der Waals surface area (Å²) in [4.78, 5) is 12.6. The Bertz CT molecular complexity index is 1140. The second-order valence-electron chi connectivity index (χ2n) is 6.64. The molecule has 4 nitrogen and oxygen atoms in total. The minimum absolute atomic E-state index is 0.121. The van der Waals surface area contributed by atoms with E-state index in [1.54, 1.807) is 24.3 Å². The number of hydrogen-bond acceptors (Lipinski definition) is 3. The monoisotopic (exact) mass is 470 g/mol. The number of benzene rings is 3. The number of carbonyl (C=O) groups excluding carboxylic acids is 1. The number of ether oxygens (including phenoxy) is 1. The Morgan fingerprint density at radius 2 is 1.71 bits per heavy atom. The van der Waals surface area contributed by atoms with Crippen molar-refractivity contribution in [3.8, 4) is 11.8 Å². The van der Waals surface area contributed by atoms with Gasteiger partial charge in [-0.15, -0.1) is 0 Å². The molecule has 1 N–H and O–H groups in total. The van der Waals surface area contributed by atoms with E-state index in [0.717, 1.165) is 11.1 Å². The SMILES string of the molecule is Cc1cccc(Cl)c1NC(=O)/C(C#N)=C/c1cc(Cl)c(OCc2ccccc2)c(Cl)c1. The number of amides is 1. The van der Waals surface area contributed by atoms with E-state index in [0.29, 0.717) is 28.6 Å². The summed E-state index contributed by atoms with van der Waals surface area (Å²) in [6, 6.07) is 19.9. The molecule has 0 aliphatic heterocycles. The van der Waals surface area contributed by atoms with Crippen molar-refractivity contribution in [2.75, 3.05) is 5.32 Å². The van der Waals surface area contributed by atoms with Gasteiger partial charge in [0.15, 0.2) is 5.75 Å². The fourth-order valence-electron chi connectivity index (χ4n) is 2.82. The quantitative estimate of drug-likeness (QED) is 0.308. The number of aryl methyl sites for hydroxylation is 1. The molecular formula is C24H17Cl3N2O2. The Balaban J connectivity index is 1.81. The summed E-state index contributed by atoms with van der Waals surface area (Å²) in [5.41, 5.74) is 2.58. The summed E-state index contributed by atoms with van der Waals surface area (Å²) in [7, 11) is 0. The zero-order valence-corrected chi connectivity index (χ0v) is 18.7. The summed E-state index contributed by atoms with van der Waals surface area (Å²) in [5, 5.41) is 13.1. The van der Waals surface area contributed by atoms with Gasteiger partial charge in [-0.25, -0.2) is 0 Å². The maximum absolute atomic E-state index is 12.6. The van der Waals surface area contributed by atoms with E-state index in [9.17, 15) is 10.1 Å². The first kappa shape index (κ1) is 22.7. The van der Waals surface area contributed by atoms with E-state index in [2.05, 4.69) is 5.32 Å². The van der Waals surface area contributed by atoms with Gasteiger partial charge in [0, 0.05) is 0 Å². The highest BCUT2D eigenvalue weighted by Crippen LogP contribution is 2.35. The van der Waals surface area contributed by atoms with Crippen LogP contribution < -0.4 is 10.1 Å². The first-order valence-electron chi connectivity index (χ1n) is 9.23. The molecular weight excluding hydrogens is 455 g/mol. The van der Waals surface area contributed by atoms with Crippen LogP contribution in [-0.2, 0) is 11.4 Å². The number of carbonyl (C=O) groups is 1. The van der Waals surface area contributed by atoms with Crippen molar-refractivity contribution in [3.63, 3.8) is 0 Å². The highest BCUT2D eigenvalue weighted by Gasteiger charge is 2.15. The van der Waals surface area contributed by atoms with Crippen molar-refractivity contribution < 1.29 is 9.53 Å². The van der Waals surface area contributed by atoms with Crippen molar-refractivity contribution in [1.29, 1.82) is 5.26 Å². The Morgan fingerprint density at radius 1 is 1.03 bits per heavy atom. The van der Waals surface area contributed by atoms with Crippen molar-refractivity contribution in [1.82, 2.24) is 0 Å². The summed E-state index contributed by atoms with van der Waals surface area (Å²) in [6.07, 6.45) is 1.40. The molecule has 156 valence electrons. The molecule has 0 saturated heterocycles. The Kier molecular flexibility index (Phi) is 7.59. The van der Waals surface area contributed by atoms with Crippen LogP contribution in [0.1, 0.15) is 16.7 Å². The average Bonchev–Trinajstić information content (AvgIpc) is 2.74. The minimum atomic E-state index is -0.588. The Hall–Kier alpha value is -2.97. The second kappa shape index (κ2) is 10.4. The smallest absolute Gasteiger partial charge is 0.266 e. The number of nitrogens with zero attached hydrogens (tertiary/aromatic N) is 1. The van der Waals surface area contributed by atoms with Gasteiger partial charge < -0.3 is 10.1 Å². The minimum Gasteiger partial charge on any atom is -0.486 e. The lowest BCUT2D eigenvalue weighted by Crippen LogP contribution is -2.14. The summed E-state index contributed by atoms with van der Waals surface area (Å²) >= 11 is 18.8. The first-order valence-corrected chi connectivity index (χ1v) is 10.4. The largest absolute Gasteiger partial charge is 0.486 e. The molecule has 0 atom stereocenters. The second-order valence-corrected chi connectivity index (χ2v) is 7.87. The highest BCUT2D eigenvalue weighted by atomic mass is 35.5. The highest BCUT2D eigenvalue weighted by molar-refractivity contribution is 6.37. The molecule has 0 saturated carbocycles. The van der Waals surface area contributed by atoms with Crippen molar-refractivity contribution in [3.05, 3.63) is 98.0 Å². The molecule has 3 rings (SSSR count). The predicted octanol–water partition coefficient (Wildman–Crippen LogP) is 7.08. The number of rotatable bonds is 6. The molecule has 0 aromatic heterocycles. The lowest BCUT2D eigenvalue weighted by Gasteiger charge is -2.12. The van der Waals surface area contributed by atoms with Crippen LogP contribution in [0.5, 0.6) is 5.75 Å². The first-order chi connectivity index (χ1) is 14.9. The number of nitrogens with one attached hydrogen (secondary N) is 1. The predicted molar refractivity (Wildman–Crippen MR) is 126 cm³/mol. The third-order valence-electron chi connectivity index (χ3n) is 4.38. The third kappa shape index (κ3) is 5.80. The maximum Gasteiger partial charge on any atom is 0.266 e. The molecule has 0 spiro atoms. The summed E-state index contributed by atoms with van der Waals surface area (Å²) in [5.74, 6) is -0.255. The van der Waals surface area contributed by atoms with Crippen LogP contribution in [0.4, 0.5) is 5.69 Å². The van der Waals surface area contributed by atoms with Crippen LogP contribution in [0.25, 0.3) is 6.08 Å². The lowest BCUT2D eigenvalue weighted by molar-refractivity contribution is -0.112. The molecule has 0 aliphatic rings. The third-order valence-corrected chi connectivity index (χ3v) is 5.26.